The predicted molar refractivity (Wildman–Crippen MR) is 58.8 cm³/mol. The van der Waals surface area contributed by atoms with Crippen molar-refractivity contribution in [2.45, 2.75) is 25.8 Å². The molecule has 1 aromatic carbocycles. The molecule has 1 aromatic rings. The predicted octanol–water partition coefficient (Wildman–Crippen LogP) is 1.86. The van der Waals surface area contributed by atoms with Gasteiger partial charge in [0.25, 0.3) is 0 Å². The van der Waals surface area contributed by atoms with E-state index < -0.39 is 0 Å². The second kappa shape index (κ2) is 4.58. The molecule has 0 radical (unpaired) electrons. The quantitative estimate of drug-likeness (QED) is 0.693. The Balaban J connectivity index is 1.88. The maximum Gasteiger partial charge on any atom is 0.0350 e. The molecule has 0 amide bonds. The highest BCUT2D eigenvalue weighted by Gasteiger charge is 2.20. The lowest BCUT2D eigenvalue weighted by atomic mass is 10.1. The summed E-state index contributed by atoms with van der Waals surface area (Å²) in [6.45, 7) is 0.889. The highest BCUT2D eigenvalue weighted by atomic mass is 15.3. The zero-order valence-electron chi connectivity index (χ0n) is 8.72. The van der Waals surface area contributed by atoms with E-state index in [-0.39, 0.29) is 0 Å². The number of benzene rings is 1. The smallest absolute Gasteiger partial charge is 0.0350 e. The average molecular weight is 190 g/mol. The topological polar surface area (TPSA) is 24.1 Å². The van der Waals surface area contributed by atoms with Crippen molar-refractivity contribution in [2.75, 3.05) is 7.05 Å². The third-order valence-electron chi connectivity index (χ3n) is 2.71. The van der Waals surface area contributed by atoms with Crippen LogP contribution < -0.4 is 10.9 Å². The number of hydrogen-bond acceptors (Lipinski definition) is 2. The molecule has 76 valence electrons. The molecule has 0 atom stereocenters. The Morgan fingerprint density at radius 3 is 2.36 bits per heavy atom. The third kappa shape index (κ3) is 2.82. The summed E-state index contributed by atoms with van der Waals surface area (Å²) < 4.78 is 0. The molecule has 2 N–H and O–H groups in total. The molecule has 14 heavy (non-hydrogen) atoms. The highest BCUT2D eigenvalue weighted by Crippen LogP contribution is 2.32. The molecule has 1 fully saturated rings. The van der Waals surface area contributed by atoms with Gasteiger partial charge in [-0.3, -0.25) is 10.9 Å². The first-order valence-corrected chi connectivity index (χ1v) is 5.36. The minimum absolute atomic E-state index is 0.889. The van der Waals surface area contributed by atoms with Crippen molar-refractivity contribution in [2.24, 2.45) is 5.92 Å². The molecular formula is C12H18N2. The van der Waals surface area contributed by atoms with Crippen molar-refractivity contribution < 1.29 is 0 Å². The van der Waals surface area contributed by atoms with E-state index in [4.69, 9.17) is 0 Å². The van der Waals surface area contributed by atoms with Crippen LogP contribution in [0.25, 0.3) is 0 Å². The minimum Gasteiger partial charge on any atom is -0.261 e. The van der Waals surface area contributed by atoms with Crippen LogP contribution in [0.5, 0.6) is 0 Å². The SMILES string of the molecule is CNNCc1ccc(CC2CC2)cc1. The van der Waals surface area contributed by atoms with E-state index in [1.165, 1.54) is 30.4 Å². The van der Waals surface area contributed by atoms with Gasteiger partial charge in [0.1, 0.15) is 0 Å². The first-order chi connectivity index (χ1) is 6.88. The van der Waals surface area contributed by atoms with Crippen LogP contribution in [-0.4, -0.2) is 7.05 Å². The summed E-state index contributed by atoms with van der Waals surface area (Å²) in [4.78, 5) is 0. The molecule has 1 aliphatic rings. The van der Waals surface area contributed by atoms with E-state index in [1.54, 1.807) is 0 Å². The molecule has 2 nitrogen and oxygen atoms in total. The lowest BCUT2D eigenvalue weighted by molar-refractivity contribution is 0.596. The summed E-state index contributed by atoms with van der Waals surface area (Å²) in [6, 6.07) is 8.93. The molecule has 0 unspecified atom stereocenters. The molecule has 0 aliphatic heterocycles. The van der Waals surface area contributed by atoms with Crippen LogP contribution in [0, 0.1) is 5.92 Å². The lowest BCUT2D eigenvalue weighted by Crippen LogP contribution is -2.26. The summed E-state index contributed by atoms with van der Waals surface area (Å²) in [5, 5.41) is 0. The van der Waals surface area contributed by atoms with Crippen molar-refractivity contribution in [3.8, 4) is 0 Å². The molecule has 0 saturated heterocycles. The molecule has 1 aliphatic carbocycles. The maximum absolute atomic E-state index is 3.09. The van der Waals surface area contributed by atoms with Crippen LogP contribution in [0.4, 0.5) is 0 Å². The molecule has 2 rings (SSSR count). The van der Waals surface area contributed by atoms with Crippen molar-refractivity contribution in [1.29, 1.82) is 0 Å². The number of hydrogen-bond donors (Lipinski definition) is 2. The fraction of sp³-hybridized carbons (Fsp3) is 0.500. The van der Waals surface area contributed by atoms with Crippen LogP contribution in [0.15, 0.2) is 24.3 Å². The summed E-state index contributed by atoms with van der Waals surface area (Å²) in [5.74, 6) is 0.983. The van der Waals surface area contributed by atoms with Gasteiger partial charge in [0, 0.05) is 6.54 Å². The largest absolute Gasteiger partial charge is 0.261 e. The average Bonchev–Trinajstić information content (AvgIpc) is 3.01. The van der Waals surface area contributed by atoms with Gasteiger partial charge in [0.15, 0.2) is 0 Å². The van der Waals surface area contributed by atoms with Crippen LogP contribution in [-0.2, 0) is 13.0 Å². The van der Waals surface area contributed by atoms with Gasteiger partial charge in [-0.2, -0.15) is 0 Å². The Kier molecular flexibility index (Phi) is 3.17. The zero-order chi connectivity index (χ0) is 9.80. The van der Waals surface area contributed by atoms with Crippen molar-refractivity contribution in [1.82, 2.24) is 10.9 Å². The van der Waals surface area contributed by atoms with Gasteiger partial charge in [0.05, 0.1) is 0 Å². The summed E-state index contributed by atoms with van der Waals surface area (Å²) >= 11 is 0. The summed E-state index contributed by atoms with van der Waals surface area (Å²) in [7, 11) is 1.89. The third-order valence-corrected chi connectivity index (χ3v) is 2.71. The molecule has 0 heterocycles. The molecular weight excluding hydrogens is 172 g/mol. The number of hydrazine groups is 1. The Morgan fingerprint density at radius 1 is 1.14 bits per heavy atom. The monoisotopic (exact) mass is 190 g/mol. The fourth-order valence-electron chi connectivity index (χ4n) is 1.64. The van der Waals surface area contributed by atoms with Crippen LogP contribution in [0.3, 0.4) is 0 Å². The van der Waals surface area contributed by atoms with Gasteiger partial charge in [-0.05, 0) is 43.4 Å². The van der Waals surface area contributed by atoms with Crippen LogP contribution in [0.2, 0.25) is 0 Å². The molecule has 2 heteroatoms. The van der Waals surface area contributed by atoms with Gasteiger partial charge in [0.2, 0.25) is 0 Å². The van der Waals surface area contributed by atoms with Crippen LogP contribution >= 0.6 is 0 Å². The van der Waals surface area contributed by atoms with E-state index in [1.807, 2.05) is 7.05 Å². The standard InChI is InChI=1S/C12H18N2/c1-13-14-9-12-6-4-11(5-7-12)8-10-2-3-10/h4-7,10,13-14H,2-3,8-9H2,1H3. The van der Waals surface area contributed by atoms with Gasteiger partial charge in [-0.25, -0.2) is 0 Å². The molecule has 0 bridgehead atoms. The van der Waals surface area contributed by atoms with E-state index >= 15 is 0 Å². The maximum atomic E-state index is 3.09. The first kappa shape index (κ1) is 9.69. The van der Waals surface area contributed by atoms with Crippen molar-refractivity contribution in [3.63, 3.8) is 0 Å². The number of nitrogens with one attached hydrogen (secondary N) is 2. The van der Waals surface area contributed by atoms with Gasteiger partial charge in [-0.1, -0.05) is 24.3 Å². The van der Waals surface area contributed by atoms with E-state index in [0.29, 0.717) is 0 Å². The van der Waals surface area contributed by atoms with E-state index in [2.05, 4.69) is 35.1 Å². The first-order valence-electron chi connectivity index (χ1n) is 5.36. The normalized spacial score (nSPS) is 15.8. The molecule has 0 aromatic heterocycles. The molecule has 1 saturated carbocycles. The minimum atomic E-state index is 0.889. The summed E-state index contributed by atoms with van der Waals surface area (Å²) in [6.07, 6.45) is 4.14. The zero-order valence-corrected chi connectivity index (χ0v) is 8.72. The molecule has 0 spiro atoms. The second-order valence-electron chi connectivity index (χ2n) is 4.07. The summed E-state index contributed by atoms with van der Waals surface area (Å²) in [5.41, 5.74) is 8.83. The second-order valence-corrected chi connectivity index (χ2v) is 4.07. The van der Waals surface area contributed by atoms with Crippen molar-refractivity contribution >= 4 is 0 Å². The highest BCUT2D eigenvalue weighted by molar-refractivity contribution is 5.23. The Morgan fingerprint density at radius 2 is 1.79 bits per heavy atom. The van der Waals surface area contributed by atoms with Gasteiger partial charge >= 0.3 is 0 Å². The Bertz CT molecular complexity index is 275. The van der Waals surface area contributed by atoms with Crippen molar-refractivity contribution in [3.05, 3.63) is 35.4 Å². The Hall–Kier alpha value is -0.860. The van der Waals surface area contributed by atoms with Gasteiger partial charge < -0.3 is 0 Å². The fourth-order valence-corrected chi connectivity index (χ4v) is 1.64. The lowest BCUT2D eigenvalue weighted by Gasteiger charge is -2.04. The Labute approximate surface area is 85.7 Å². The van der Waals surface area contributed by atoms with E-state index in [0.717, 1.165) is 12.5 Å². The number of rotatable bonds is 5. The van der Waals surface area contributed by atoms with Gasteiger partial charge in [-0.15, -0.1) is 0 Å². The van der Waals surface area contributed by atoms with E-state index in [9.17, 15) is 0 Å². The van der Waals surface area contributed by atoms with Crippen LogP contribution in [0.1, 0.15) is 24.0 Å².